The molecule has 0 aliphatic carbocycles. The molecule has 0 spiro atoms. The number of benzene rings is 1. The number of aliphatic hydroxyl groups is 1. The molecule has 0 saturated carbocycles. The lowest BCUT2D eigenvalue weighted by Crippen LogP contribution is -2.12. The van der Waals surface area contributed by atoms with Crippen LogP contribution in [0.15, 0.2) is 18.2 Å². The molecule has 0 aliphatic heterocycles. The molecule has 1 aromatic carbocycles. The van der Waals surface area contributed by atoms with E-state index in [9.17, 15) is 4.79 Å². The van der Waals surface area contributed by atoms with Crippen LogP contribution in [0.25, 0.3) is 0 Å². The maximum atomic E-state index is 12.1. The van der Waals surface area contributed by atoms with Gasteiger partial charge in [-0.3, -0.25) is 10.1 Å². The molecular weight excluding hydrogens is 292 g/mol. The van der Waals surface area contributed by atoms with E-state index in [1.165, 1.54) is 7.11 Å². The second kappa shape index (κ2) is 7.33. The fourth-order valence-electron chi connectivity index (χ4n) is 1.51. The molecule has 2 N–H and O–H groups in total. The average Bonchev–Trinajstić information content (AvgIpc) is 3.00. The van der Waals surface area contributed by atoms with Crippen LogP contribution in [0.3, 0.4) is 0 Å². The summed E-state index contributed by atoms with van der Waals surface area (Å²) in [6, 6.07) is 4.91. The number of hydrogen-bond donors (Lipinski definition) is 2. The maximum Gasteiger partial charge on any atom is 0.257 e. The summed E-state index contributed by atoms with van der Waals surface area (Å²) < 4.78 is 8.75. The molecule has 0 atom stereocenters. The van der Waals surface area contributed by atoms with Crippen molar-refractivity contribution in [3.05, 3.63) is 29.3 Å². The topological polar surface area (TPSA) is 97.2 Å². The van der Waals surface area contributed by atoms with Gasteiger partial charge >= 0.3 is 0 Å². The first-order chi connectivity index (χ1) is 10.2. The van der Waals surface area contributed by atoms with Crippen LogP contribution in [0.5, 0.6) is 5.75 Å². The Morgan fingerprint density at radius 3 is 3.05 bits per heavy atom. The zero-order chi connectivity index (χ0) is 15.1. The maximum absolute atomic E-state index is 12.1. The first kappa shape index (κ1) is 14.9. The summed E-state index contributed by atoms with van der Waals surface area (Å²) in [5.41, 5.74) is 0.994. The van der Waals surface area contributed by atoms with Crippen LogP contribution in [-0.2, 0) is 0 Å². The molecular formula is C13H12N4O3S. The molecule has 21 heavy (non-hydrogen) atoms. The van der Waals surface area contributed by atoms with Gasteiger partial charge in [-0.25, -0.2) is 0 Å². The third-order valence-corrected chi connectivity index (χ3v) is 2.95. The molecule has 1 heterocycles. The lowest BCUT2D eigenvalue weighted by atomic mass is 10.1. The standard InChI is InChI=1S/C13H12N4O3S/c1-20-11-6-5-10(8-9(11)4-2-3-7-18)12(19)14-13-15-16-17-21-13/h5-6,8,18H,3,7H2,1H3,(H,14,15,17,19). The van der Waals surface area contributed by atoms with Crippen molar-refractivity contribution in [3.63, 3.8) is 0 Å². The van der Waals surface area contributed by atoms with E-state index >= 15 is 0 Å². The van der Waals surface area contributed by atoms with Crippen LogP contribution >= 0.6 is 11.5 Å². The minimum Gasteiger partial charge on any atom is -0.495 e. The van der Waals surface area contributed by atoms with E-state index in [4.69, 9.17) is 9.84 Å². The van der Waals surface area contributed by atoms with Crippen LogP contribution in [0, 0.1) is 11.8 Å². The van der Waals surface area contributed by atoms with Gasteiger partial charge in [-0.15, -0.1) is 0 Å². The summed E-state index contributed by atoms with van der Waals surface area (Å²) in [7, 11) is 1.53. The van der Waals surface area contributed by atoms with Crippen LogP contribution in [0.4, 0.5) is 5.13 Å². The Kier molecular flexibility index (Phi) is 5.20. The number of carbonyl (C=O) groups is 1. The molecule has 0 saturated heterocycles. The summed E-state index contributed by atoms with van der Waals surface area (Å²) in [5.74, 6) is 5.89. The molecule has 0 radical (unpaired) electrons. The first-order valence-electron chi connectivity index (χ1n) is 5.98. The molecule has 0 aliphatic rings. The van der Waals surface area contributed by atoms with Crippen molar-refractivity contribution in [3.8, 4) is 17.6 Å². The Bertz CT molecular complexity index is 676. The SMILES string of the molecule is COc1ccc(C(=O)Nc2nnns2)cc1C#CCCO. The molecule has 0 fully saturated rings. The Morgan fingerprint density at radius 2 is 2.38 bits per heavy atom. The number of rotatable bonds is 4. The van der Waals surface area contributed by atoms with Gasteiger partial charge in [0.25, 0.3) is 5.91 Å². The van der Waals surface area contributed by atoms with Gasteiger partial charge in [0.2, 0.25) is 5.13 Å². The van der Waals surface area contributed by atoms with Crippen molar-refractivity contribution in [1.82, 2.24) is 14.8 Å². The zero-order valence-corrected chi connectivity index (χ0v) is 12.0. The molecule has 0 bridgehead atoms. The van der Waals surface area contributed by atoms with E-state index in [0.29, 0.717) is 28.4 Å². The number of nitrogens with one attached hydrogen (secondary N) is 1. The number of carbonyl (C=O) groups excluding carboxylic acids is 1. The molecule has 8 heteroatoms. The van der Waals surface area contributed by atoms with E-state index < -0.39 is 0 Å². The lowest BCUT2D eigenvalue weighted by molar-refractivity contribution is 0.102. The highest BCUT2D eigenvalue weighted by Gasteiger charge is 2.11. The molecule has 2 rings (SSSR count). The van der Waals surface area contributed by atoms with Crippen LogP contribution in [0.1, 0.15) is 22.3 Å². The second-order valence-corrected chi connectivity index (χ2v) is 4.54. The fraction of sp³-hybridized carbons (Fsp3) is 0.231. The van der Waals surface area contributed by atoms with Crippen molar-refractivity contribution in [2.24, 2.45) is 0 Å². The second-order valence-electron chi connectivity index (χ2n) is 3.81. The van der Waals surface area contributed by atoms with E-state index in [1.807, 2.05) is 0 Å². The van der Waals surface area contributed by atoms with Gasteiger partial charge in [-0.2, -0.15) is 0 Å². The normalized spacial score (nSPS) is 9.62. The zero-order valence-electron chi connectivity index (χ0n) is 11.2. The number of aromatic nitrogens is 3. The number of anilines is 1. The van der Waals surface area contributed by atoms with Crippen molar-refractivity contribution >= 4 is 22.6 Å². The van der Waals surface area contributed by atoms with Crippen LogP contribution in [0.2, 0.25) is 0 Å². The highest BCUT2D eigenvalue weighted by molar-refractivity contribution is 7.09. The molecule has 1 aromatic heterocycles. The third kappa shape index (κ3) is 3.98. The van der Waals surface area contributed by atoms with Gasteiger partial charge in [0.05, 0.1) is 19.3 Å². The quantitative estimate of drug-likeness (QED) is 0.816. The molecule has 0 unspecified atom stereocenters. The predicted octanol–water partition coefficient (Wildman–Crippen LogP) is 0.928. The van der Waals surface area contributed by atoms with Gasteiger partial charge in [-0.05, 0) is 23.4 Å². The Morgan fingerprint density at radius 1 is 1.52 bits per heavy atom. The fourth-order valence-corrected chi connectivity index (χ4v) is 1.87. The first-order valence-corrected chi connectivity index (χ1v) is 6.76. The van der Waals surface area contributed by atoms with Gasteiger partial charge in [0, 0.05) is 23.5 Å². The highest BCUT2D eigenvalue weighted by Crippen LogP contribution is 2.20. The number of aliphatic hydroxyl groups excluding tert-OH is 1. The minimum atomic E-state index is -0.332. The van der Waals surface area contributed by atoms with E-state index in [2.05, 4.69) is 32.0 Å². The Balaban J connectivity index is 2.22. The lowest BCUT2D eigenvalue weighted by Gasteiger charge is -2.06. The number of methoxy groups -OCH3 is 1. The van der Waals surface area contributed by atoms with Gasteiger partial charge in [0.1, 0.15) is 5.75 Å². The van der Waals surface area contributed by atoms with E-state index in [-0.39, 0.29) is 12.5 Å². The summed E-state index contributed by atoms with van der Waals surface area (Å²) in [4.78, 5) is 12.1. The Labute approximate surface area is 125 Å². The number of hydrogen-bond acceptors (Lipinski definition) is 7. The van der Waals surface area contributed by atoms with Crippen molar-refractivity contribution in [2.45, 2.75) is 6.42 Å². The van der Waals surface area contributed by atoms with Gasteiger partial charge in [0.15, 0.2) is 0 Å². The third-order valence-electron chi connectivity index (χ3n) is 2.44. The summed E-state index contributed by atoms with van der Waals surface area (Å²) in [6.45, 7) is -0.0143. The summed E-state index contributed by atoms with van der Waals surface area (Å²) >= 11 is 0.990. The monoisotopic (exact) mass is 304 g/mol. The molecule has 2 aromatic rings. The van der Waals surface area contributed by atoms with Gasteiger partial charge in [-0.1, -0.05) is 21.4 Å². The number of ether oxygens (including phenoxy) is 1. The molecule has 1 amide bonds. The van der Waals surface area contributed by atoms with Crippen molar-refractivity contribution < 1.29 is 14.6 Å². The highest BCUT2D eigenvalue weighted by atomic mass is 32.1. The van der Waals surface area contributed by atoms with Crippen molar-refractivity contribution in [2.75, 3.05) is 19.0 Å². The average molecular weight is 304 g/mol. The summed E-state index contributed by atoms with van der Waals surface area (Å²) in [5, 5.41) is 18.7. The number of nitrogens with zero attached hydrogens (tertiary/aromatic N) is 3. The Hall–Kier alpha value is -2.50. The van der Waals surface area contributed by atoms with Gasteiger partial charge < -0.3 is 9.84 Å². The van der Waals surface area contributed by atoms with Crippen LogP contribution in [-0.4, -0.2) is 39.5 Å². The minimum absolute atomic E-state index is 0.0143. The predicted molar refractivity (Wildman–Crippen MR) is 77.2 cm³/mol. The van der Waals surface area contributed by atoms with Crippen LogP contribution < -0.4 is 10.1 Å². The summed E-state index contributed by atoms with van der Waals surface area (Å²) in [6.07, 6.45) is 0.357. The smallest absolute Gasteiger partial charge is 0.257 e. The molecule has 7 nitrogen and oxygen atoms in total. The largest absolute Gasteiger partial charge is 0.495 e. The molecule has 108 valence electrons. The van der Waals surface area contributed by atoms with E-state index in [0.717, 1.165) is 11.5 Å². The number of amides is 1. The van der Waals surface area contributed by atoms with E-state index in [1.54, 1.807) is 18.2 Å². The van der Waals surface area contributed by atoms with Crippen molar-refractivity contribution in [1.29, 1.82) is 0 Å².